The lowest BCUT2D eigenvalue weighted by atomic mass is 9.88. The number of benzene rings is 2. The number of H-pyrrole nitrogens is 1. The van der Waals surface area contributed by atoms with Crippen molar-refractivity contribution in [3.8, 4) is 12.3 Å². The van der Waals surface area contributed by atoms with Crippen molar-refractivity contribution >= 4 is 26.8 Å². The SMILES string of the molecule is C#CC(=O)N1[C@@H](COC)Cc2c([nH]c3ccccc23)[C@@H]1c1ccc(S(=O)(=O)NC2CC2)cc1F. The van der Waals surface area contributed by atoms with Crippen LogP contribution in [0.1, 0.15) is 35.7 Å². The number of nitrogens with one attached hydrogen (secondary N) is 2. The van der Waals surface area contributed by atoms with Crippen LogP contribution in [0.25, 0.3) is 10.9 Å². The number of carbonyl (C=O) groups is 1. The molecule has 5 rings (SSSR count). The van der Waals surface area contributed by atoms with E-state index >= 15 is 4.39 Å². The second-order valence-electron chi connectivity index (χ2n) is 8.71. The molecule has 2 heterocycles. The van der Waals surface area contributed by atoms with E-state index in [1.807, 2.05) is 24.3 Å². The molecule has 9 heteroatoms. The average molecular weight is 482 g/mol. The summed E-state index contributed by atoms with van der Waals surface area (Å²) in [6.07, 6.45) is 7.52. The molecule has 1 aliphatic heterocycles. The third kappa shape index (κ3) is 3.88. The second kappa shape index (κ2) is 8.55. The van der Waals surface area contributed by atoms with Crippen LogP contribution >= 0.6 is 0 Å². The maximum Gasteiger partial charge on any atom is 0.299 e. The van der Waals surface area contributed by atoms with Crippen LogP contribution in [-0.4, -0.2) is 50.0 Å². The molecular weight excluding hydrogens is 457 g/mol. The molecule has 2 N–H and O–H groups in total. The summed E-state index contributed by atoms with van der Waals surface area (Å²) in [4.78, 5) is 17.6. The summed E-state index contributed by atoms with van der Waals surface area (Å²) < 4.78 is 48.7. The summed E-state index contributed by atoms with van der Waals surface area (Å²) in [5, 5.41) is 0.977. The van der Waals surface area contributed by atoms with Gasteiger partial charge in [0.1, 0.15) is 11.9 Å². The molecule has 1 fully saturated rings. The van der Waals surface area contributed by atoms with Gasteiger partial charge in [-0.05, 0) is 48.9 Å². The number of nitrogens with zero attached hydrogens (tertiary/aromatic N) is 1. The van der Waals surface area contributed by atoms with Gasteiger partial charge >= 0.3 is 0 Å². The van der Waals surface area contributed by atoms with Crippen LogP contribution in [0, 0.1) is 18.2 Å². The maximum absolute atomic E-state index is 15.6. The van der Waals surface area contributed by atoms with Gasteiger partial charge in [-0.1, -0.05) is 24.3 Å². The number of methoxy groups -OCH3 is 1. The Bertz CT molecular complexity index is 1420. The minimum atomic E-state index is -3.83. The largest absolute Gasteiger partial charge is 0.383 e. The molecule has 2 aliphatic rings. The molecule has 2 atom stereocenters. The number of carbonyl (C=O) groups excluding carboxylic acids is 1. The van der Waals surface area contributed by atoms with E-state index in [1.54, 1.807) is 0 Å². The van der Waals surface area contributed by atoms with E-state index in [0.717, 1.165) is 35.4 Å². The Balaban J connectivity index is 1.67. The molecule has 1 aromatic heterocycles. The van der Waals surface area contributed by atoms with Crippen LogP contribution in [-0.2, 0) is 26.0 Å². The number of sulfonamides is 1. The van der Waals surface area contributed by atoms with Crippen molar-refractivity contribution in [2.45, 2.75) is 42.3 Å². The maximum atomic E-state index is 15.6. The van der Waals surface area contributed by atoms with Crippen molar-refractivity contribution < 1.29 is 22.3 Å². The fourth-order valence-corrected chi connectivity index (χ4v) is 6.05. The second-order valence-corrected chi connectivity index (χ2v) is 10.4. The lowest BCUT2D eigenvalue weighted by Crippen LogP contribution is -2.49. The van der Waals surface area contributed by atoms with Crippen molar-refractivity contribution in [3.05, 3.63) is 65.1 Å². The fraction of sp³-hybridized carbons (Fsp3) is 0.320. The predicted octanol–water partition coefficient (Wildman–Crippen LogP) is 2.87. The number of aromatic nitrogens is 1. The first-order valence-corrected chi connectivity index (χ1v) is 12.5. The van der Waals surface area contributed by atoms with Crippen LogP contribution in [0.4, 0.5) is 4.39 Å². The lowest BCUT2D eigenvalue weighted by Gasteiger charge is -2.41. The molecule has 0 bridgehead atoms. The van der Waals surface area contributed by atoms with Gasteiger partial charge < -0.3 is 14.6 Å². The number of aromatic amines is 1. The third-order valence-electron chi connectivity index (χ3n) is 6.42. The van der Waals surface area contributed by atoms with Crippen molar-refractivity contribution in [2.75, 3.05) is 13.7 Å². The Hall–Kier alpha value is -3.19. The van der Waals surface area contributed by atoms with E-state index in [2.05, 4.69) is 15.6 Å². The van der Waals surface area contributed by atoms with Gasteiger partial charge in [-0.15, -0.1) is 6.42 Å². The van der Waals surface area contributed by atoms with E-state index in [-0.39, 0.29) is 23.1 Å². The first kappa shape index (κ1) is 22.6. The number of halogens is 1. The van der Waals surface area contributed by atoms with Gasteiger partial charge in [0.15, 0.2) is 0 Å². The molecule has 1 amide bonds. The van der Waals surface area contributed by atoms with Gasteiger partial charge in [-0.25, -0.2) is 17.5 Å². The molecule has 3 aromatic rings. The van der Waals surface area contributed by atoms with Gasteiger partial charge in [0, 0.05) is 35.3 Å². The van der Waals surface area contributed by atoms with E-state index in [4.69, 9.17) is 11.2 Å². The van der Waals surface area contributed by atoms with Crippen molar-refractivity contribution in [1.29, 1.82) is 0 Å². The van der Waals surface area contributed by atoms with E-state index in [1.165, 1.54) is 24.1 Å². The van der Waals surface area contributed by atoms with E-state index < -0.39 is 33.8 Å². The predicted molar refractivity (Wildman–Crippen MR) is 125 cm³/mol. The van der Waals surface area contributed by atoms with Gasteiger partial charge in [0.05, 0.1) is 17.5 Å². The average Bonchev–Trinajstić information content (AvgIpc) is 3.55. The first-order chi connectivity index (χ1) is 16.3. The number of terminal acetylenes is 1. The number of rotatable bonds is 6. The number of amides is 1. The number of para-hydroxylation sites is 1. The topological polar surface area (TPSA) is 91.5 Å². The molecule has 0 unspecified atom stereocenters. The molecule has 0 radical (unpaired) electrons. The number of fused-ring (bicyclic) bond motifs is 3. The van der Waals surface area contributed by atoms with Crippen LogP contribution in [0.15, 0.2) is 47.4 Å². The normalized spacial score (nSPS) is 20.2. The molecule has 0 saturated heterocycles. The highest BCUT2D eigenvalue weighted by Gasteiger charge is 2.41. The van der Waals surface area contributed by atoms with Crippen LogP contribution in [0.3, 0.4) is 0 Å². The Morgan fingerprint density at radius 3 is 2.74 bits per heavy atom. The summed E-state index contributed by atoms with van der Waals surface area (Å²) in [7, 11) is -2.30. The van der Waals surface area contributed by atoms with Gasteiger partial charge in [0.25, 0.3) is 5.91 Å². The summed E-state index contributed by atoms with van der Waals surface area (Å²) in [5.41, 5.74) is 2.62. The standard InChI is InChI=1S/C25H24FN3O4S/c1-3-23(30)29-16(14-33-2)12-20-18-6-4-5-7-22(18)27-24(20)25(29)19-11-10-17(13-21(19)26)34(31,32)28-15-8-9-15/h1,4-7,10-11,13,15-16,25,27-28H,8-9,12,14H2,2H3/t16-,25+/m1/s1. The van der Waals surface area contributed by atoms with Crippen LogP contribution in [0.5, 0.6) is 0 Å². The Morgan fingerprint density at radius 1 is 1.29 bits per heavy atom. The molecule has 176 valence electrons. The number of hydrogen-bond acceptors (Lipinski definition) is 4. The minimum absolute atomic E-state index is 0.0986. The fourth-order valence-electron chi connectivity index (χ4n) is 4.74. The smallest absolute Gasteiger partial charge is 0.299 e. The van der Waals surface area contributed by atoms with Gasteiger partial charge in [0.2, 0.25) is 10.0 Å². The lowest BCUT2D eigenvalue weighted by molar-refractivity contribution is -0.131. The zero-order valence-electron chi connectivity index (χ0n) is 18.5. The Labute approximate surface area is 197 Å². The Kier molecular flexibility index (Phi) is 5.68. The third-order valence-corrected chi connectivity index (χ3v) is 7.94. The van der Waals surface area contributed by atoms with Crippen molar-refractivity contribution in [3.63, 3.8) is 0 Å². The molecule has 0 spiro atoms. The molecule has 1 aliphatic carbocycles. The molecular formula is C25H24FN3O4S. The summed E-state index contributed by atoms with van der Waals surface area (Å²) >= 11 is 0. The van der Waals surface area contributed by atoms with Crippen LogP contribution in [0.2, 0.25) is 0 Å². The van der Waals surface area contributed by atoms with Crippen molar-refractivity contribution in [2.24, 2.45) is 0 Å². The highest BCUT2D eigenvalue weighted by molar-refractivity contribution is 7.89. The molecule has 1 saturated carbocycles. The highest BCUT2D eigenvalue weighted by atomic mass is 32.2. The molecule has 7 nitrogen and oxygen atoms in total. The minimum Gasteiger partial charge on any atom is -0.383 e. The summed E-state index contributed by atoms with van der Waals surface area (Å²) in [5.74, 6) is 0.831. The van der Waals surface area contributed by atoms with Gasteiger partial charge in [-0.2, -0.15) is 0 Å². The Morgan fingerprint density at radius 2 is 2.06 bits per heavy atom. The highest BCUT2D eigenvalue weighted by Crippen LogP contribution is 2.42. The zero-order chi connectivity index (χ0) is 24.0. The molecule has 2 aromatic carbocycles. The van der Waals surface area contributed by atoms with Gasteiger partial charge in [-0.3, -0.25) is 4.79 Å². The molecule has 34 heavy (non-hydrogen) atoms. The van der Waals surface area contributed by atoms with Crippen molar-refractivity contribution in [1.82, 2.24) is 14.6 Å². The number of hydrogen-bond donors (Lipinski definition) is 2. The quantitative estimate of drug-likeness (QED) is 0.530. The monoisotopic (exact) mass is 481 g/mol. The zero-order valence-corrected chi connectivity index (χ0v) is 19.4. The summed E-state index contributed by atoms with van der Waals surface area (Å²) in [6, 6.07) is 10.1. The summed E-state index contributed by atoms with van der Waals surface area (Å²) in [6.45, 7) is 0.211. The first-order valence-electron chi connectivity index (χ1n) is 11.0. The van der Waals surface area contributed by atoms with E-state index in [9.17, 15) is 13.2 Å². The van der Waals surface area contributed by atoms with Crippen LogP contribution < -0.4 is 4.72 Å². The van der Waals surface area contributed by atoms with E-state index in [0.29, 0.717) is 12.1 Å². The number of ether oxygens (including phenoxy) is 1.